The number of guanidine groups is 1. The summed E-state index contributed by atoms with van der Waals surface area (Å²) < 4.78 is 25.9. The molecule has 0 spiro atoms. The van der Waals surface area contributed by atoms with E-state index in [1.54, 1.807) is 18.2 Å². The van der Waals surface area contributed by atoms with Crippen LogP contribution in [0.3, 0.4) is 0 Å². The third kappa shape index (κ3) is 4.45. The summed E-state index contributed by atoms with van der Waals surface area (Å²) in [5, 5.41) is 3.71. The van der Waals surface area contributed by atoms with Crippen molar-refractivity contribution in [3.05, 3.63) is 93.4 Å². The van der Waals surface area contributed by atoms with Crippen molar-refractivity contribution >= 4 is 49.2 Å². The maximum Gasteiger partial charge on any atom is 0.257 e. The molecule has 3 aromatic rings. The topological polar surface area (TPSA) is 82.6 Å². The first-order valence-corrected chi connectivity index (χ1v) is 11.3. The van der Waals surface area contributed by atoms with Gasteiger partial charge in [0.25, 0.3) is 10.0 Å². The summed E-state index contributed by atoms with van der Waals surface area (Å²) >= 11 is 9.47. The quantitative estimate of drug-likeness (QED) is 0.471. The third-order valence-corrected chi connectivity index (χ3v) is 6.39. The Hall–Kier alpha value is -2.39. The van der Waals surface area contributed by atoms with Crippen LogP contribution in [0.5, 0.6) is 0 Å². The second kappa shape index (κ2) is 8.16. The van der Waals surface area contributed by atoms with E-state index in [0.29, 0.717) is 5.02 Å². The van der Waals surface area contributed by atoms with Crippen LogP contribution in [0, 0.1) is 0 Å². The first kappa shape index (κ1) is 19.9. The van der Waals surface area contributed by atoms with Crippen LogP contribution in [-0.2, 0) is 10.0 Å². The number of anilines is 1. The van der Waals surface area contributed by atoms with Gasteiger partial charge >= 0.3 is 0 Å². The van der Waals surface area contributed by atoms with Gasteiger partial charge in [0.1, 0.15) is 6.04 Å². The monoisotopic (exact) mass is 490 g/mol. The molecule has 0 saturated heterocycles. The minimum Gasteiger partial charge on any atom is -0.325 e. The zero-order valence-corrected chi connectivity index (χ0v) is 18.1. The van der Waals surface area contributed by atoms with Crippen LogP contribution in [-0.4, -0.2) is 14.4 Å². The molecule has 0 aromatic heterocycles. The molecule has 0 saturated carbocycles. The summed E-state index contributed by atoms with van der Waals surface area (Å²) in [6, 6.07) is 21.2. The minimum absolute atomic E-state index is 0.136. The zero-order valence-electron chi connectivity index (χ0n) is 14.9. The number of hydrazine groups is 1. The van der Waals surface area contributed by atoms with E-state index < -0.39 is 10.0 Å². The van der Waals surface area contributed by atoms with Crippen LogP contribution in [0.1, 0.15) is 17.2 Å². The molecular weight excluding hydrogens is 476 g/mol. The normalized spacial score (nSPS) is 15.8. The van der Waals surface area contributed by atoms with Crippen molar-refractivity contribution in [3.8, 4) is 0 Å². The summed E-state index contributed by atoms with van der Waals surface area (Å²) in [4.78, 5) is 7.15. The fourth-order valence-corrected chi connectivity index (χ4v) is 4.26. The molecule has 0 aliphatic carbocycles. The summed E-state index contributed by atoms with van der Waals surface area (Å²) in [5.74, 6) is 0.286. The predicted octanol–water partition coefficient (Wildman–Crippen LogP) is 4.46. The highest BCUT2D eigenvalue weighted by Crippen LogP contribution is 2.36. The first-order chi connectivity index (χ1) is 13.9. The minimum atomic E-state index is -3.77. The molecule has 1 aliphatic heterocycles. The number of rotatable bonds is 4. The molecule has 3 aromatic carbocycles. The van der Waals surface area contributed by atoms with E-state index >= 15 is 0 Å². The lowest BCUT2D eigenvalue weighted by atomic mass is 9.96. The number of sulfonamides is 1. The number of nitrogens with zero attached hydrogens (tertiary/aromatic N) is 1. The van der Waals surface area contributed by atoms with Crippen LogP contribution < -0.4 is 15.6 Å². The maximum absolute atomic E-state index is 12.5. The Bertz CT molecular complexity index is 1170. The first-order valence-electron chi connectivity index (χ1n) is 8.65. The Balaban J connectivity index is 1.61. The fourth-order valence-electron chi connectivity index (χ4n) is 2.97. The molecule has 1 heterocycles. The molecule has 6 nitrogen and oxygen atoms in total. The molecule has 0 unspecified atom stereocenters. The number of benzene rings is 3. The van der Waals surface area contributed by atoms with Crippen LogP contribution in [0.4, 0.5) is 5.69 Å². The molecule has 9 heteroatoms. The molecule has 0 fully saturated rings. The average Bonchev–Trinajstić information content (AvgIpc) is 2.73. The SMILES string of the molecule is O=S(=O)(NNC1=N[C@H](c2ccccc2)c2cc(Cl)ccc2N1)c1ccc(Br)cc1. The van der Waals surface area contributed by atoms with Gasteiger partial charge in [-0.15, -0.1) is 4.83 Å². The van der Waals surface area contributed by atoms with E-state index in [-0.39, 0.29) is 16.9 Å². The summed E-state index contributed by atoms with van der Waals surface area (Å²) in [5.41, 5.74) is 5.35. The van der Waals surface area contributed by atoms with Crippen molar-refractivity contribution in [1.29, 1.82) is 0 Å². The van der Waals surface area contributed by atoms with Gasteiger partial charge in [-0.2, -0.15) is 0 Å². The second-order valence-corrected chi connectivity index (χ2v) is 9.37. The summed E-state index contributed by atoms with van der Waals surface area (Å²) in [6.45, 7) is 0. The number of nitrogens with one attached hydrogen (secondary N) is 3. The molecule has 1 aliphatic rings. The van der Waals surface area contributed by atoms with E-state index in [0.717, 1.165) is 21.3 Å². The maximum atomic E-state index is 12.5. The van der Waals surface area contributed by atoms with E-state index in [1.165, 1.54) is 12.1 Å². The second-order valence-electron chi connectivity index (χ2n) is 6.33. The van der Waals surface area contributed by atoms with Gasteiger partial charge in [-0.05, 0) is 48.0 Å². The Morgan fingerprint density at radius 2 is 1.72 bits per heavy atom. The van der Waals surface area contributed by atoms with Crippen molar-refractivity contribution in [2.45, 2.75) is 10.9 Å². The van der Waals surface area contributed by atoms with Crippen LogP contribution in [0.15, 0.2) is 87.2 Å². The number of hydrogen-bond donors (Lipinski definition) is 3. The van der Waals surface area contributed by atoms with Gasteiger partial charge in [-0.3, -0.25) is 5.43 Å². The molecule has 0 amide bonds. The molecule has 148 valence electrons. The van der Waals surface area contributed by atoms with E-state index in [4.69, 9.17) is 11.6 Å². The van der Waals surface area contributed by atoms with Gasteiger partial charge in [0.05, 0.1) is 4.90 Å². The predicted molar refractivity (Wildman–Crippen MR) is 118 cm³/mol. The van der Waals surface area contributed by atoms with Crippen LogP contribution in [0.25, 0.3) is 0 Å². The third-order valence-electron chi connectivity index (χ3n) is 4.36. The molecule has 4 rings (SSSR count). The number of fused-ring (bicyclic) bond motifs is 1. The molecule has 3 N–H and O–H groups in total. The number of halogens is 2. The highest BCUT2D eigenvalue weighted by molar-refractivity contribution is 9.10. The van der Waals surface area contributed by atoms with Crippen molar-refractivity contribution in [3.63, 3.8) is 0 Å². The van der Waals surface area contributed by atoms with Gasteiger partial charge in [0.15, 0.2) is 0 Å². The average molecular weight is 492 g/mol. The molecule has 1 atom stereocenters. The van der Waals surface area contributed by atoms with Gasteiger partial charge in [-0.25, -0.2) is 13.4 Å². The highest BCUT2D eigenvalue weighted by atomic mass is 79.9. The smallest absolute Gasteiger partial charge is 0.257 e. The Morgan fingerprint density at radius 1 is 1.00 bits per heavy atom. The van der Waals surface area contributed by atoms with Gasteiger partial charge < -0.3 is 5.32 Å². The van der Waals surface area contributed by atoms with E-state index in [9.17, 15) is 8.42 Å². The van der Waals surface area contributed by atoms with Crippen molar-refractivity contribution in [1.82, 2.24) is 10.3 Å². The van der Waals surface area contributed by atoms with Crippen molar-refractivity contribution in [2.24, 2.45) is 4.99 Å². The van der Waals surface area contributed by atoms with E-state index in [2.05, 4.69) is 36.5 Å². The largest absolute Gasteiger partial charge is 0.325 e. The van der Waals surface area contributed by atoms with Gasteiger partial charge in [0.2, 0.25) is 5.96 Å². The zero-order chi connectivity index (χ0) is 20.4. The lowest BCUT2D eigenvalue weighted by Gasteiger charge is -2.26. The standard InChI is InChI=1S/C20H16BrClN4O2S/c21-14-6-9-16(10-7-14)29(27,28)26-25-20-23-18-11-8-15(22)12-17(18)19(24-20)13-4-2-1-3-5-13/h1-12,19,26H,(H2,23,24,25)/t19-/m1/s1. The summed E-state index contributed by atoms with van der Waals surface area (Å²) in [7, 11) is -3.77. The Morgan fingerprint density at radius 3 is 2.45 bits per heavy atom. The fraction of sp³-hybridized carbons (Fsp3) is 0.0500. The van der Waals surface area contributed by atoms with Crippen LogP contribution in [0.2, 0.25) is 5.02 Å². The highest BCUT2D eigenvalue weighted by Gasteiger charge is 2.24. The Kier molecular flexibility index (Phi) is 5.60. The molecule has 0 bridgehead atoms. The molecule has 29 heavy (non-hydrogen) atoms. The van der Waals surface area contributed by atoms with Crippen molar-refractivity contribution in [2.75, 3.05) is 5.32 Å². The summed E-state index contributed by atoms with van der Waals surface area (Å²) in [6.07, 6.45) is 0. The van der Waals surface area contributed by atoms with Gasteiger partial charge in [0, 0.05) is 20.7 Å². The number of hydrogen-bond acceptors (Lipinski definition) is 5. The number of aliphatic imine (C=N–C) groups is 1. The molecular formula is C20H16BrClN4O2S. The lowest BCUT2D eigenvalue weighted by molar-refractivity contribution is 0.576. The van der Waals surface area contributed by atoms with E-state index in [1.807, 2.05) is 42.5 Å². The lowest BCUT2D eigenvalue weighted by Crippen LogP contribution is -2.46. The van der Waals surface area contributed by atoms with Crippen LogP contribution >= 0.6 is 27.5 Å². The molecule has 0 radical (unpaired) electrons. The van der Waals surface area contributed by atoms with Gasteiger partial charge in [-0.1, -0.05) is 57.9 Å². The van der Waals surface area contributed by atoms with Crippen molar-refractivity contribution < 1.29 is 8.42 Å². The Labute approximate surface area is 182 Å².